The van der Waals surface area contributed by atoms with E-state index in [0.29, 0.717) is 16.8 Å². The fourth-order valence-corrected chi connectivity index (χ4v) is 3.81. The van der Waals surface area contributed by atoms with E-state index >= 15 is 0 Å². The Balaban J connectivity index is 2.14. The lowest BCUT2D eigenvalue weighted by atomic mass is 10.3. The smallest absolute Gasteiger partial charge is 0.178 e. The molecule has 0 atom stereocenters. The summed E-state index contributed by atoms with van der Waals surface area (Å²) in [7, 11) is 1.45. The van der Waals surface area contributed by atoms with Gasteiger partial charge in [0.1, 0.15) is 0 Å². The highest BCUT2D eigenvalue weighted by atomic mass is 79.9. The van der Waals surface area contributed by atoms with E-state index in [0.717, 1.165) is 14.2 Å². The second-order valence-corrected chi connectivity index (χ2v) is 7.16. The first-order valence-corrected chi connectivity index (χ1v) is 7.80. The Kier molecular flexibility index (Phi) is 3.66. The van der Waals surface area contributed by atoms with Crippen molar-refractivity contribution in [2.75, 3.05) is 7.11 Å². The van der Waals surface area contributed by atoms with Crippen LogP contribution in [0.2, 0.25) is 0 Å². The van der Waals surface area contributed by atoms with Crippen LogP contribution in [0.3, 0.4) is 0 Å². The summed E-state index contributed by atoms with van der Waals surface area (Å²) in [5.74, 6) is -0.185. The van der Waals surface area contributed by atoms with Gasteiger partial charge in [0, 0.05) is 17.0 Å². The molecule has 0 radical (unpaired) electrons. The number of benzene rings is 1. The summed E-state index contributed by atoms with van der Waals surface area (Å²) in [6.07, 6.45) is 0. The second-order valence-electron chi connectivity index (χ2n) is 4.23. The van der Waals surface area contributed by atoms with E-state index in [1.165, 1.54) is 13.2 Å². The Hall–Kier alpha value is -1.18. The zero-order chi connectivity index (χ0) is 14.3. The minimum absolute atomic E-state index is 0.215. The molecular formula is C13H10BrFN2OS2. The van der Waals surface area contributed by atoms with Crippen molar-refractivity contribution in [3.8, 4) is 5.75 Å². The lowest BCUT2D eigenvalue weighted by Crippen LogP contribution is -1.98. The van der Waals surface area contributed by atoms with Crippen molar-refractivity contribution in [3.05, 3.63) is 43.5 Å². The third kappa shape index (κ3) is 2.41. The Morgan fingerprint density at radius 3 is 2.90 bits per heavy atom. The molecule has 3 rings (SSSR count). The SMILES string of the molecule is COc1cc2c(cc1F)[nH]c(=S)n2Cc1ccc(Br)s1. The molecule has 0 aliphatic heterocycles. The average molecular weight is 373 g/mol. The number of ether oxygens (including phenoxy) is 1. The summed E-state index contributed by atoms with van der Waals surface area (Å²) in [5.41, 5.74) is 1.50. The average Bonchev–Trinajstić information content (AvgIpc) is 2.94. The minimum atomic E-state index is -0.401. The number of hydrogen-bond acceptors (Lipinski definition) is 3. The first kappa shape index (κ1) is 13.8. The highest BCUT2D eigenvalue weighted by Gasteiger charge is 2.11. The Bertz CT molecular complexity index is 837. The van der Waals surface area contributed by atoms with E-state index in [2.05, 4.69) is 20.9 Å². The van der Waals surface area contributed by atoms with E-state index in [1.54, 1.807) is 17.4 Å². The number of aromatic nitrogens is 2. The van der Waals surface area contributed by atoms with Crippen molar-refractivity contribution in [1.82, 2.24) is 9.55 Å². The molecule has 0 aliphatic carbocycles. The quantitative estimate of drug-likeness (QED) is 0.674. The van der Waals surface area contributed by atoms with Crippen LogP contribution in [0.1, 0.15) is 4.88 Å². The van der Waals surface area contributed by atoms with Gasteiger partial charge in [-0.1, -0.05) is 0 Å². The molecule has 0 fully saturated rings. The van der Waals surface area contributed by atoms with Crippen molar-refractivity contribution in [2.24, 2.45) is 0 Å². The maximum atomic E-state index is 13.7. The van der Waals surface area contributed by atoms with Gasteiger partial charge in [-0.05, 0) is 40.3 Å². The molecule has 20 heavy (non-hydrogen) atoms. The number of nitrogens with one attached hydrogen (secondary N) is 1. The van der Waals surface area contributed by atoms with Crippen LogP contribution in [0.4, 0.5) is 4.39 Å². The predicted octanol–water partition coefficient (Wildman–Crippen LogP) is 4.72. The van der Waals surface area contributed by atoms with E-state index in [-0.39, 0.29) is 5.75 Å². The first-order valence-electron chi connectivity index (χ1n) is 5.79. The topological polar surface area (TPSA) is 29.9 Å². The molecule has 0 unspecified atom stereocenters. The number of thiophene rings is 1. The van der Waals surface area contributed by atoms with E-state index < -0.39 is 5.82 Å². The van der Waals surface area contributed by atoms with Gasteiger partial charge in [0.25, 0.3) is 0 Å². The number of imidazole rings is 1. The van der Waals surface area contributed by atoms with Gasteiger partial charge in [-0.3, -0.25) is 0 Å². The Labute approximate surface area is 132 Å². The lowest BCUT2D eigenvalue weighted by molar-refractivity contribution is 0.387. The molecule has 2 heterocycles. The standard InChI is InChI=1S/C13H10BrFN2OS2/c1-18-11-5-10-9(4-8(11)15)16-13(19)17(10)6-7-2-3-12(14)20-7/h2-5H,6H2,1H3,(H,16,19). The Morgan fingerprint density at radius 2 is 2.25 bits per heavy atom. The fraction of sp³-hybridized carbons (Fsp3) is 0.154. The zero-order valence-corrected chi connectivity index (χ0v) is 13.7. The third-order valence-corrected chi connectivity index (χ3v) is 4.92. The van der Waals surface area contributed by atoms with Crippen LogP contribution in [-0.4, -0.2) is 16.7 Å². The maximum absolute atomic E-state index is 13.7. The normalized spacial score (nSPS) is 11.2. The van der Waals surface area contributed by atoms with Crippen LogP contribution in [0.5, 0.6) is 5.75 Å². The third-order valence-electron chi connectivity index (χ3n) is 2.99. The molecular weight excluding hydrogens is 363 g/mol. The summed E-state index contributed by atoms with van der Waals surface area (Å²) in [4.78, 5) is 4.19. The van der Waals surface area contributed by atoms with Crippen LogP contribution in [0.25, 0.3) is 11.0 Å². The number of nitrogens with zero attached hydrogens (tertiary/aromatic N) is 1. The molecule has 1 N–H and O–H groups in total. The van der Waals surface area contributed by atoms with Gasteiger partial charge >= 0.3 is 0 Å². The molecule has 2 aromatic heterocycles. The van der Waals surface area contributed by atoms with Gasteiger partial charge < -0.3 is 14.3 Å². The summed E-state index contributed by atoms with van der Waals surface area (Å²) in [5, 5.41) is 0. The van der Waals surface area contributed by atoms with Crippen LogP contribution in [-0.2, 0) is 6.54 Å². The van der Waals surface area contributed by atoms with Gasteiger partial charge in [-0.2, -0.15) is 0 Å². The van der Waals surface area contributed by atoms with E-state index in [1.807, 2.05) is 16.7 Å². The first-order chi connectivity index (χ1) is 9.58. The second kappa shape index (κ2) is 5.31. The molecule has 1 aromatic carbocycles. The molecule has 0 saturated heterocycles. The van der Waals surface area contributed by atoms with Crippen molar-refractivity contribution < 1.29 is 9.13 Å². The highest BCUT2D eigenvalue weighted by Crippen LogP contribution is 2.27. The minimum Gasteiger partial charge on any atom is -0.494 e. The molecule has 0 aliphatic rings. The van der Waals surface area contributed by atoms with Gasteiger partial charge in [0.2, 0.25) is 0 Å². The molecule has 104 valence electrons. The van der Waals surface area contributed by atoms with Gasteiger partial charge in [0.15, 0.2) is 16.3 Å². The molecule has 3 nitrogen and oxygen atoms in total. The van der Waals surface area contributed by atoms with Crippen LogP contribution in [0.15, 0.2) is 28.1 Å². The van der Waals surface area contributed by atoms with Crippen molar-refractivity contribution in [2.45, 2.75) is 6.54 Å². The van der Waals surface area contributed by atoms with E-state index in [9.17, 15) is 4.39 Å². The maximum Gasteiger partial charge on any atom is 0.178 e. The molecule has 3 aromatic rings. The largest absolute Gasteiger partial charge is 0.494 e. The molecule has 7 heteroatoms. The van der Waals surface area contributed by atoms with Gasteiger partial charge in [-0.15, -0.1) is 11.3 Å². The van der Waals surface area contributed by atoms with Crippen LogP contribution in [0, 0.1) is 10.6 Å². The molecule has 0 saturated carbocycles. The number of methoxy groups -OCH3 is 1. The summed E-state index contributed by atoms with van der Waals surface area (Å²) >= 11 is 10.4. The summed E-state index contributed by atoms with van der Waals surface area (Å²) in [6, 6.07) is 7.11. The van der Waals surface area contributed by atoms with Crippen molar-refractivity contribution in [1.29, 1.82) is 0 Å². The monoisotopic (exact) mass is 372 g/mol. The number of hydrogen-bond donors (Lipinski definition) is 1. The zero-order valence-electron chi connectivity index (χ0n) is 10.4. The summed E-state index contributed by atoms with van der Waals surface area (Å²) in [6.45, 7) is 0.643. The van der Waals surface area contributed by atoms with Gasteiger partial charge in [0.05, 0.1) is 28.5 Å². The van der Waals surface area contributed by atoms with Crippen LogP contribution < -0.4 is 4.74 Å². The number of H-pyrrole nitrogens is 1. The van der Waals surface area contributed by atoms with E-state index in [4.69, 9.17) is 17.0 Å². The number of fused-ring (bicyclic) bond motifs is 1. The molecule has 0 bridgehead atoms. The van der Waals surface area contributed by atoms with Crippen molar-refractivity contribution in [3.63, 3.8) is 0 Å². The lowest BCUT2D eigenvalue weighted by Gasteiger charge is -2.05. The van der Waals surface area contributed by atoms with Crippen molar-refractivity contribution >= 4 is 50.5 Å². The predicted molar refractivity (Wildman–Crippen MR) is 84.8 cm³/mol. The fourth-order valence-electron chi connectivity index (χ4n) is 2.06. The highest BCUT2D eigenvalue weighted by molar-refractivity contribution is 9.11. The van der Waals surface area contributed by atoms with Gasteiger partial charge in [-0.25, -0.2) is 4.39 Å². The number of halogens is 2. The molecule has 0 spiro atoms. The Morgan fingerprint density at radius 1 is 1.45 bits per heavy atom. The number of rotatable bonds is 3. The van der Waals surface area contributed by atoms with Crippen LogP contribution >= 0.6 is 39.5 Å². The summed E-state index contributed by atoms with van der Waals surface area (Å²) < 4.78 is 22.3. The molecule has 0 amide bonds. The number of aromatic amines is 1.